The van der Waals surface area contributed by atoms with Gasteiger partial charge in [-0.3, -0.25) is 0 Å². The van der Waals surface area contributed by atoms with Crippen LogP contribution in [0.2, 0.25) is 0 Å². The lowest BCUT2D eigenvalue weighted by Crippen LogP contribution is -2.47. The van der Waals surface area contributed by atoms with Crippen molar-refractivity contribution in [2.24, 2.45) is 17.1 Å². The minimum absolute atomic E-state index is 0.0128. The third-order valence-electron chi connectivity index (χ3n) is 3.19. The van der Waals surface area contributed by atoms with Crippen LogP contribution >= 0.6 is 0 Å². The van der Waals surface area contributed by atoms with E-state index < -0.39 is 0 Å². The Kier molecular flexibility index (Phi) is 2.26. The number of nitrogens with two attached hydrogens (primary N) is 1. The van der Waals surface area contributed by atoms with Gasteiger partial charge in [0.1, 0.15) is 0 Å². The SMILES string of the molecule is CC1C[C@H](O)C(N)CC1(C)C. The van der Waals surface area contributed by atoms with Gasteiger partial charge >= 0.3 is 0 Å². The Labute approximate surface area is 68.8 Å². The summed E-state index contributed by atoms with van der Waals surface area (Å²) in [4.78, 5) is 0. The normalized spacial score (nSPS) is 43.9. The monoisotopic (exact) mass is 157 g/mol. The number of hydrogen-bond acceptors (Lipinski definition) is 2. The molecular formula is C9H19NO. The van der Waals surface area contributed by atoms with Crippen LogP contribution in [0.1, 0.15) is 33.6 Å². The molecule has 0 saturated heterocycles. The van der Waals surface area contributed by atoms with Crippen molar-refractivity contribution >= 4 is 0 Å². The van der Waals surface area contributed by atoms with E-state index in [0.29, 0.717) is 11.3 Å². The van der Waals surface area contributed by atoms with Crippen molar-refractivity contribution in [3.05, 3.63) is 0 Å². The van der Waals surface area contributed by atoms with Crippen molar-refractivity contribution in [2.45, 2.75) is 45.8 Å². The van der Waals surface area contributed by atoms with Gasteiger partial charge in [-0.05, 0) is 24.2 Å². The van der Waals surface area contributed by atoms with Gasteiger partial charge in [0.2, 0.25) is 0 Å². The summed E-state index contributed by atoms with van der Waals surface area (Å²) in [5.41, 5.74) is 6.07. The summed E-state index contributed by atoms with van der Waals surface area (Å²) in [7, 11) is 0. The second-order valence-electron chi connectivity index (χ2n) is 4.56. The lowest BCUT2D eigenvalue weighted by Gasteiger charge is -2.42. The van der Waals surface area contributed by atoms with Crippen molar-refractivity contribution in [1.29, 1.82) is 0 Å². The van der Waals surface area contributed by atoms with Crippen LogP contribution in [-0.2, 0) is 0 Å². The standard InChI is InChI=1S/C9H19NO/c1-6-4-8(11)7(10)5-9(6,2)3/h6-8,11H,4-5,10H2,1-3H3/t6?,7?,8-/m0/s1. The number of aliphatic hydroxyl groups is 1. The Morgan fingerprint density at radius 2 is 2.00 bits per heavy atom. The van der Waals surface area contributed by atoms with E-state index in [1.165, 1.54) is 0 Å². The molecule has 66 valence electrons. The first-order chi connectivity index (χ1) is 4.93. The molecule has 1 aliphatic rings. The molecule has 3 atom stereocenters. The van der Waals surface area contributed by atoms with Crippen LogP contribution in [0.4, 0.5) is 0 Å². The van der Waals surface area contributed by atoms with Crippen LogP contribution in [0, 0.1) is 11.3 Å². The average molecular weight is 157 g/mol. The van der Waals surface area contributed by atoms with Gasteiger partial charge in [-0.1, -0.05) is 20.8 Å². The average Bonchev–Trinajstić information content (AvgIpc) is 1.83. The summed E-state index contributed by atoms with van der Waals surface area (Å²) in [6.45, 7) is 6.64. The molecular weight excluding hydrogens is 138 g/mol. The van der Waals surface area contributed by atoms with E-state index in [9.17, 15) is 5.11 Å². The fourth-order valence-corrected chi connectivity index (χ4v) is 1.80. The third kappa shape index (κ3) is 1.74. The van der Waals surface area contributed by atoms with Crippen LogP contribution in [0.15, 0.2) is 0 Å². The molecule has 0 spiro atoms. The van der Waals surface area contributed by atoms with E-state index in [-0.39, 0.29) is 12.1 Å². The molecule has 1 saturated carbocycles. The van der Waals surface area contributed by atoms with E-state index in [0.717, 1.165) is 12.8 Å². The van der Waals surface area contributed by atoms with Crippen LogP contribution < -0.4 is 5.73 Å². The molecule has 2 nitrogen and oxygen atoms in total. The molecule has 1 aliphatic carbocycles. The predicted molar refractivity (Wildman–Crippen MR) is 46.2 cm³/mol. The zero-order valence-corrected chi connectivity index (χ0v) is 7.67. The van der Waals surface area contributed by atoms with Gasteiger partial charge in [0.05, 0.1) is 6.10 Å². The van der Waals surface area contributed by atoms with Gasteiger partial charge in [-0.15, -0.1) is 0 Å². The fraction of sp³-hybridized carbons (Fsp3) is 1.00. The minimum atomic E-state index is -0.280. The van der Waals surface area contributed by atoms with Gasteiger partial charge in [-0.25, -0.2) is 0 Å². The largest absolute Gasteiger partial charge is 0.392 e. The summed E-state index contributed by atoms with van der Waals surface area (Å²) in [6.07, 6.45) is 1.52. The van der Waals surface area contributed by atoms with E-state index in [4.69, 9.17) is 5.73 Å². The molecule has 0 heterocycles. The minimum Gasteiger partial charge on any atom is -0.392 e. The summed E-state index contributed by atoms with van der Waals surface area (Å²) in [5, 5.41) is 9.46. The van der Waals surface area contributed by atoms with Gasteiger partial charge in [0, 0.05) is 6.04 Å². The molecule has 11 heavy (non-hydrogen) atoms. The molecule has 0 bridgehead atoms. The molecule has 0 aromatic carbocycles. The van der Waals surface area contributed by atoms with Crippen LogP contribution in [0.5, 0.6) is 0 Å². The van der Waals surface area contributed by atoms with Crippen LogP contribution in [0.3, 0.4) is 0 Å². The Balaban J connectivity index is 2.63. The first-order valence-electron chi connectivity index (χ1n) is 4.37. The van der Waals surface area contributed by atoms with Crippen LogP contribution in [-0.4, -0.2) is 17.3 Å². The maximum Gasteiger partial charge on any atom is 0.0694 e. The molecule has 0 radical (unpaired) electrons. The van der Waals surface area contributed by atoms with Gasteiger partial charge in [0.25, 0.3) is 0 Å². The van der Waals surface area contributed by atoms with Crippen molar-refractivity contribution < 1.29 is 5.11 Å². The van der Waals surface area contributed by atoms with Crippen molar-refractivity contribution in [1.82, 2.24) is 0 Å². The molecule has 0 aromatic rings. The summed E-state index contributed by atoms with van der Waals surface area (Å²) >= 11 is 0. The van der Waals surface area contributed by atoms with E-state index in [2.05, 4.69) is 20.8 Å². The molecule has 0 aromatic heterocycles. The molecule has 2 heteroatoms. The maximum atomic E-state index is 9.46. The zero-order valence-electron chi connectivity index (χ0n) is 7.67. The highest BCUT2D eigenvalue weighted by Crippen LogP contribution is 2.39. The summed E-state index contributed by atoms with van der Waals surface area (Å²) in [6, 6.07) is -0.0128. The Morgan fingerprint density at radius 3 is 2.45 bits per heavy atom. The maximum absolute atomic E-state index is 9.46. The highest BCUT2D eigenvalue weighted by atomic mass is 16.3. The number of aliphatic hydroxyl groups excluding tert-OH is 1. The Morgan fingerprint density at radius 1 is 1.45 bits per heavy atom. The highest BCUT2D eigenvalue weighted by Gasteiger charge is 2.37. The molecule has 0 amide bonds. The first kappa shape index (κ1) is 9.01. The van der Waals surface area contributed by atoms with E-state index in [1.54, 1.807) is 0 Å². The van der Waals surface area contributed by atoms with E-state index in [1.807, 2.05) is 0 Å². The smallest absolute Gasteiger partial charge is 0.0694 e. The molecule has 1 rings (SSSR count). The van der Waals surface area contributed by atoms with Crippen molar-refractivity contribution in [3.8, 4) is 0 Å². The topological polar surface area (TPSA) is 46.2 Å². The zero-order chi connectivity index (χ0) is 8.65. The van der Waals surface area contributed by atoms with Crippen LogP contribution in [0.25, 0.3) is 0 Å². The lowest BCUT2D eigenvalue weighted by atomic mass is 9.67. The Bertz CT molecular complexity index is 144. The highest BCUT2D eigenvalue weighted by molar-refractivity contribution is 4.90. The van der Waals surface area contributed by atoms with Gasteiger partial charge in [-0.2, -0.15) is 0 Å². The third-order valence-corrected chi connectivity index (χ3v) is 3.19. The number of rotatable bonds is 0. The summed E-state index contributed by atoms with van der Waals surface area (Å²) < 4.78 is 0. The van der Waals surface area contributed by atoms with Crippen molar-refractivity contribution in [3.63, 3.8) is 0 Å². The predicted octanol–water partition coefficient (Wildman–Crippen LogP) is 1.13. The Hall–Kier alpha value is -0.0800. The first-order valence-corrected chi connectivity index (χ1v) is 4.37. The molecule has 3 N–H and O–H groups in total. The molecule has 2 unspecified atom stereocenters. The quantitative estimate of drug-likeness (QED) is 0.553. The van der Waals surface area contributed by atoms with Crippen molar-refractivity contribution in [2.75, 3.05) is 0 Å². The molecule has 0 aliphatic heterocycles. The second kappa shape index (κ2) is 2.76. The van der Waals surface area contributed by atoms with Gasteiger partial charge < -0.3 is 10.8 Å². The van der Waals surface area contributed by atoms with Gasteiger partial charge in [0.15, 0.2) is 0 Å². The summed E-state index contributed by atoms with van der Waals surface area (Å²) in [5.74, 6) is 0.581. The second-order valence-corrected chi connectivity index (χ2v) is 4.56. The lowest BCUT2D eigenvalue weighted by molar-refractivity contribution is 0.0190. The van der Waals surface area contributed by atoms with E-state index >= 15 is 0 Å². The fourth-order valence-electron chi connectivity index (χ4n) is 1.80. The number of hydrogen-bond donors (Lipinski definition) is 2. The molecule has 1 fully saturated rings.